The van der Waals surface area contributed by atoms with E-state index < -0.39 is 5.82 Å². The second-order valence-electron chi connectivity index (χ2n) is 4.18. The van der Waals surface area contributed by atoms with E-state index >= 15 is 0 Å². The van der Waals surface area contributed by atoms with Crippen LogP contribution in [0, 0.1) is 5.82 Å². The maximum absolute atomic E-state index is 13.2. The molecular formula is C11H14FNOS. The highest BCUT2D eigenvalue weighted by molar-refractivity contribution is 8.01. The number of pyridine rings is 1. The highest BCUT2D eigenvalue weighted by Gasteiger charge is 2.16. The number of hydrogen-bond acceptors (Lipinski definition) is 3. The first kappa shape index (κ1) is 12.2. The molecule has 0 aliphatic rings. The summed E-state index contributed by atoms with van der Waals surface area (Å²) in [6, 6.07) is 1.42. The minimum Gasteiger partial charge on any atom is -0.293 e. The fourth-order valence-electron chi connectivity index (χ4n) is 0.961. The van der Waals surface area contributed by atoms with Gasteiger partial charge in [-0.2, -0.15) is 0 Å². The summed E-state index contributed by atoms with van der Waals surface area (Å²) < 4.78 is 13.2. The van der Waals surface area contributed by atoms with Gasteiger partial charge < -0.3 is 0 Å². The molecule has 0 spiro atoms. The fourth-order valence-corrected chi connectivity index (χ4v) is 1.68. The van der Waals surface area contributed by atoms with Crippen LogP contribution in [0.25, 0.3) is 0 Å². The first-order valence-corrected chi connectivity index (χ1v) is 5.65. The third kappa shape index (κ3) is 4.00. The van der Waals surface area contributed by atoms with Gasteiger partial charge in [-0.05, 0) is 6.07 Å². The number of carbonyl (C=O) groups excluding carboxylic acids is 1. The standard InChI is InChI=1S/C11H14FNOS/c1-11(2,3)15-7-10(14)8-4-5-13-6-9(8)12/h4-6H,7H2,1-3H3. The summed E-state index contributed by atoms with van der Waals surface area (Å²) in [6.45, 7) is 6.07. The van der Waals surface area contributed by atoms with Crippen molar-refractivity contribution in [3.8, 4) is 0 Å². The molecule has 0 saturated heterocycles. The molecule has 0 fully saturated rings. The van der Waals surface area contributed by atoms with E-state index in [0.717, 1.165) is 6.20 Å². The van der Waals surface area contributed by atoms with Crippen LogP contribution in [0.2, 0.25) is 0 Å². The summed E-state index contributed by atoms with van der Waals surface area (Å²) in [5.41, 5.74) is 0.127. The van der Waals surface area contributed by atoms with Crippen LogP contribution in [0.1, 0.15) is 31.1 Å². The molecule has 0 aliphatic carbocycles. The Morgan fingerprint density at radius 3 is 2.73 bits per heavy atom. The Kier molecular flexibility index (Phi) is 3.85. The van der Waals surface area contributed by atoms with E-state index in [2.05, 4.69) is 4.98 Å². The molecule has 15 heavy (non-hydrogen) atoms. The van der Waals surface area contributed by atoms with Gasteiger partial charge in [0.25, 0.3) is 0 Å². The average Bonchev–Trinajstić information content (AvgIpc) is 2.14. The number of aromatic nitrogens is 1. The van der Waals surface area contributed by atoms with Crippen molar-refractivity contribution in [2.75, 3.05) is 5.75 Å². The SMILES string of the molecule is CC(C)(C)SCC(=O)c1ccncc1F. The molecule has 1 heterocycles. The van der Waals surface area contributed by atoms with E-state index in [-0.39, 0.29) is 16.1 Å². The van der Waals surface area contributed by atoms with Gasteiger partial charge in [0, 0.05) is 10.9 Å². The normalized spacial score (nSPS) is 11.5. The second-order valence-corrected chi connectivity index (χ2v) is 5.98. The van der Waals surface area contributed by atoms with Crippen LogP contribution in [-0.4, -0.2) is 21.3 Å². The van der Waals surface area contributed by atoms with Gasteiger partial charge >= 0.3 is 0 Å². The summed E-state index contributed by atoms with van der Waals surface area (Å²) >= 11 is 1.51. The zero-order valence-corrected chi connectivity index (χ0v) is 9.90. The third-order valence-corrected chi connectivity index (χ3v) is 2.98. The molecule has 1 aromatic heterocycles. The molecule has 0 aromatic carbocycles. The Morgan fingerprint density at radius 2 is 2.20 bits per heavy atom. The Balaban J connectivity index is 2.66. The van der Waals surface area contributed by atoms with Crippen molar-refractivity contribution in [2.45, 2.75) is 25.5 Å². The second kappa shape index (κ2) is 4.75. The first-order chi connectivity index (χ1) is 6.90. The van der Waals surface area contributed by atoms with E-state index in [9.17, 15) is 9.18 Å². The molecule has 2 nitrogen and oxygen atoms in total. The maximum Gasteiger partial charge on any atom is 0.175 e. The maximum atomic E-state index is 13.2. The Bertz CT molecular complexity index is 360. The summed E-state index contributed by atoms with van der Waals surface area (Å²) in [5.74, 6) is -0.434. The highest BCUT2D eigenvalue weighted by Crippen LogP contribution is 2.24. The van der Waals surface area contributed by atoms with Crippen molar-refractivity contribution in [3.05, 3.63) is 29.8 Å². The fraction of sp³-hybridized carbons (Fsp3) is 0.455. The first-order valence-electron chi connectivity index (χ1n) is 4.67. The van der Waals surface area contributed by atoms with Crippen LogP contribution < -0.4 is 0 Å². The summed E-state index contributed by atoms with van der Waals surface area (Å²) in [7, 11) is 0. The number of nitrogens with zero attached hydrogens (tertiary/aromatic N) is 1. The summed E-state index contributed by atoms with van der Waals surface area (Å²) in [5, 5.41) is 0. The molecule has 0 bridgehead atoms. The van der Waals surface area contributed by atoms with E-state index in [1.54, 1.807) is 0 Å². The largest absolute Gasteiger partial charge is 0.293 e. The minimum atomic E-state index is -0.544. The van der Waals surface area contributed by atoms with Crippen molar-refractivity contribution in [3.63, 3.8) is 0 Å². The third-order valence-electron chi connectivity index (χ3n) is 1.71. The van der Waals surface area contributed by atoms with Crippen LogP contribution in [-0.2, 0) is 0 Å². The van der Waals surface area contributed by atoms with Gasteiger partial charge in [0.15, 0.2) is 11.6 Å². The Labute approximate surface area is 93.3 Å². The molecule has 1 aromatic rings. The van der Waals surface area contributed by atoms with Crippen LogP contribution in [0.5, 0.6) is 0 Å². The quantitative estimate of drug-likeness (QED) is 0.744. The van der Waals surface area contributed by atoms with E-state index in [4.69, 9.17) is 0 Å². The van der Waals surface area contributed by atoms with Crippen molar-refractivity contribution in [1.29, 1.82) is 0 Å². The minimum absolute atomic E-state index is 0.0131. The zero-order chi connectivity index (χ0) is 11.5. The lowest BCUT2D eigenvalue weighted by atomic mass is 10.2. The Morgan fingerprint density at radius 1 is 1.53 bits per heavy atom. The number of halogens is 1. The molecule has 0 amide bonds. The van der Waals surface area contributed by atoms with E-state index in [1.165, 1.54) is 24.0 Å². The average molecular weight is 227 g/mol. The summed E-state index contributed by atoms with van der Waals surface area (Å²) in [4.78, 5) is 15.2. The molecule has 0 aliphatic heterocycles. The molecule has 0 radical (unpaired) electrons. The number of hydrogen-bond donors (Lipinski definition) is 0. The lowest BCUT2D eigenvalue weighted by molar-refractivity contribution is 0.101. The number of Topliss-reactive ketones (excluding diaryl/α,β-unsaturated/α-hetero) is 1. The van der Waals surface area contributed by atoms with E-state index in [1.807, 2.05) is 20.8 Å². The molecule has 0 atom stereocenters. The highest BCUT2D eigenvalue weighted by atomic mass is 32.2. The van der Waals surface area contributed by atoms with Gasteiger partial charge in [-0.25, -0.2) is 4.39 Å². The monoisotopic (exact) mass is 227 g/mol. The van der Waals surface area contributed by atoms with Crippen LogP contribution >= 0.6 is 11.8 Å². The Hall–Kier alpha value is -0.900. The van der Waals surface area contributed by atoms with Crippen molar-refractivity contribution < 1.29 is 9.18 Å². The number of rotatable bonds is 3. The van der Waals surface area contributed by atoms with Gasteiger partial charge in [-0.3, -0.25) is 9.78 Å². The number of ketones is 1. The van der Waals surface area contributed by atoms with Crippen molar-refractivity contribution >= 4 is 17.5 Å². The van der Waals surface area contributed by atoms with Gasteiger partial charge in [-0.1, -0.05) is 20.8 Å². The summed E-state index contributed by atoms with van der Waals surface area (Å²) in [6.07, 6.45) is 2.49. The lowest BCUT2D eigenvalue weighted by Crippen LogP contribution is -2.14. The molecule has 1 rings (SSSR count). The van der Waals surface area contributed by atoms with Gasteiger partial charge in [-0.15, -0.1) is 11.8 Å². The predicted molar refractivity (Wildman–Crippen MR) is 60.7 cm³/mol. The smallest absolute Gasteiger partial charge is 0.175 e. The van der Waals surface area contributed by atoms with Gasteiger partial charge in [0.05, 0.1) is 17.5 Å². The van der Waals surface area contributed by atoms with Crippen LogP contribution in [0.4, 0.5) is 4.39 Å². The number of carbonyl (C=O) groups is 1. The topological polar surface area (TPSA) is 30.0 Å². The van der Waals surface area contributed by atoms with Crippen LogP contribution in [0.15, 0.2) is 18.5 Å². The molecule has 82 valence electrons. The lowest BCUT2D eigenvalue weighted by Gasteiger charge is -2.16. The van der Waals surface area contributed by atoms with Crippen molar-refractivity contribution in [2.24, 2.45) is 0 Å². The molecule has 0 saturated carbocycles. The predicted octanol–water partition coefficient (Wildman–Crippen LogP) is 2.94. The molecule has 4 heteroatoms. The van der Waals surface area contributed by atoms with Crippen LogP contribution in [0.3, 0.4) is 0 Å². The van der Waals surface area contributed by atoms with Gasteiger partial charge in [0.2, 0.25) is 0 Å². The van der Waals surface area contributed by atoms with Gasteiger partial charge in [0.1, 0.15) is 0 Å². The number of thioether (sulfide) groups is 1. The van der Waals surface area contributed by atoms with E-state index in [0.29, 0.717) is 5.75 Å². The molecule has 0 N–H and O–H groups in total. The zero-order valence-electron chi connectivity index (χ0n) is 9.08. The van der Waals surface area contributed by atoms with Crippen molar-refractivity contribution in [1.82, 2.24) is 4.98 Å². The molecule has 0 unspecified atom stereocenters. The molecular weight excluding hydrogens is 213 g/mol.